The van der Waals surface area contributed by atoms with Gasteiger partial charge < -0.3 is 5.32 Å². The van der Waals surface area contributed by atoms with Crippen LogP contribution < -0.4 is 10.0 Å². The molecular formula is C12H20ClN3O4S. The topological polar surface area (TPSA) is 101 Å². The third kappa shape index (κ3) is 5.24. The Labute approximate surface area is 130 Å². The Bertz CT molecular complexity index is 605. The number of nitrogens with zero attached hydrogens (tertiary/aromatic N) is 1. The van der Waals surface area contributed by atoms with Gasteiger partial charge in [0.25, 0.3) is 5.69 Å². The molecule has 0 bridgehead atoms. The summed E-state index contributed by atoms with van der Waals surface area (Å²) < 4.78 is 26.6. The highest BCUT2D eigenvalue weighted by molar-refractivity contribution is 7.89. The number of halogens is 1. The second kappa shape index (κ2) is 8.28. The number of aryl methyl sites for hydroxylation is 2. The lowest BCUT2D eigenvalue weighted by molar-refractivity contribution is -0.387. The normalized spacial score (nSPS) is 11.0. The van der Waals surface area contributed by atoms with Crippen LogP contribution in [-0.4, -0.2) is 33.0 Å². The van der Waals surface area contributed by atoms with Crippen molar-refractivity contribution >= 4 is 28.1 Å². The van der Waals surface area contributed by atoms with Crippen LogP contribution >= 0.6 is 12.4 Å². The highest BCUT2D eigenvalue weighted by Gasteiger charge is 2.26. The molecule has 7 nitrogen and oxygen atoms in total. The minimum atomic E-state index is -3.89. The van der Waals surface area contributed by atoms with E-state index in [4.69, 9.17) is 0 Å². The van der Waals surface area contributed by atoms with Crippen LogP contribution in [0.4, 0.5) is 5.69 Å². The van der Waals surface area contributed by atoms with Crippen LogP contribution in [0.1, 0.15) is 18.1 Å². The Morgan fingerprint density at radius 2 is 1.76 bits per heavy atom. The van der Waals surface area contributed by atoms with Crippen LogP contribution in [0.25, 0.3) is 0 Å². The van der Waals surface area contributed by atoms with Gasteiger partial charge in [0.05, 0.1) is 4.92 Å². The molecule has 0 unspecified atom stereocenters. The molecule has 0 aliphatic rings. The van der Waals surface area contributed by atoms with Gasteiger partial charge >= 0.3 is 0 Å². The number of nitrogens with one attached hydrogen (secondary N) is 2. The van der Waals surface area contributed by atoms with Crippen LogP contribution in [0, 0.1) is 24.0 Å². The van der Waals surface area contributed by atoms with E-state index >= 15 is 0 Å². The highest BCUT2D eigenvalue weighted by Crippen LogP contribution is 2.26. The van der Waals surface area contributed by atoms with Gasteiger partial charge in [-0.1, -0.05) is 6.92 Å². The van der Waals surface area contributed by atoms with Gasteiger partial charge in [0, 0.05) is 19.2 Å². The summed E-state index contributed by atoms with van der Waals surface area (Å²) in [5, 5.41) is 14.0. The lowest BCUT2D eigenvalue weighted by atomic mass is 10.1. The fraction of sp³-hybridized carbons (Fsp3) is 0.500. The van der Waals surface area contributed by atoms with Crippen LogP contribution in [0.15, 0.2) is 17.0 Å². The Morgan fingerprint density at radius 3 is 2.29 bits per heavy atom. The van der Waals surface area contributed by atoms with Crippen molar-refractivity contribution in [2.45, 2.75) is 25.7 Å². The maximum atomic E-state index is 12.1. The Kier molecular flexibility index (Phi) is 7.80. The van der Waals surface area contributed by atoms with Gasteiger partial charge in [-0.25, -0.2) is 13.1 Å². The molecule has 2 N–H and O–H groups in total. The maximum Gasteiger partial charge on any atom is 0.289 e. The van der Waals surface area contributed by atoms with Gasteiger partial charge in [-0.2, -0.15) is 0 Å². The van der Waals surface area contributed by atoms with Crippen LogP contribution in [-0.2, 0) is 10.0 Å². The standard InChI is InChI=1S/C12H19N3O4S.ClH/c1-4-13-5-6-14-20(18,19)12-8-10(3)9(2)7-11(12)15(16)17;/h7-8,13-14H,4-6H2,1-3H3;1H. The van der Waals surface area contributed by atoms with E-state index in [1.54, 1.807) is 13.8 Å². The van der Waals surface area contributed by atoms with Gasteiger partial charge in [0.1, 0.15) is 0 Å². The molecule has 0 spiro atoms. The smallest absolute Gasteiger partial charge is 0.289 e. The molecule has 0 saturated carbocycles. The van der Waals surface area contributed by atoms with E-state index in [-0.39, 0.29) is 23.8 Å². The predicted octanol–water partition coefficient (Wildman–Crippen LogP) is 1.52. The molecule has 9 heteroatoms. The van der Waals surface area contributed by atoms with E-state index < -0.39 is 20.6 Å². The number of hydrogen-bond donors (Lipinski definition) is 2. The summed E-state index contributed by atoms with van der Waals surface area (Å²) in [5.41, 5.74) is 0.981. The van der Waals surface area contributed by atoms with E-state index in [0.29, 0.717) is 17.7 Å². The average Bonchev–Trinajstić information content (AvgIpc) is 2.37. The van der Waals surface area contributed by atoms with Gasteiger partial charge in [-0.15, -0.1) is 12.4 Å². The molecule has 0 aliphatic carbocycles. The minimum absolute atomic E-state index is 0. The number of sulfonamides is 1. The number of hydrogen-bond acceptors (Lipinski definition) is 5. The van der Waals surface area contributed by atoms with Crippen LogP contribution in [0.5, 0.6) is 0 Å². The molecule has 0 heterocycles. The second-order valence-electron chi connectivity index (χ2n) is 4.41. The maximum absolute atomic E-state index is 12.1. The summed E-state index contributed by atoms with van der Waals surface area (Å²) >= 11 is 0. The monoisotopic (exact) mass is 337 g/mol. The summed E-state index contributed by atoms with van der Waals surface area (Å²) in [6.07, 6.45) is 0. The Hall–Kier alpha value is -1.22. The SMILES string of the molecule is CCNCCNS(=O)(=O)c1cc(C)c(C)cc1[N+](=O)[O-].Cl. The van der Waals surface area contributed by atoms with Crippen molar-refractivity contribution in [1.82, 2.24) is 10.0 Å². The van der Waals surface area contributed by atoms with Crippen molar-refractivity contribution in [3.63, 3.8) is 0 Å². The fourth-order valence-corrected chi connectivity index (χ4v) is 2.93. The molecular weight excluding hydrogens is 318 g/mol. The van der Waals surface area contributed by atoms with E-state index in [2.05, 4.69) is 10.0 Å². The van der Waals surface area contributed by atoms with Gasteiger partial charge in [-0.05, 0) is 37.6 Å². The van der Waals surface area contributed by atoms with Crippen molar-refractivity contribution < 1.29 is 13.3 Å². The van der Waals surface area contributed by atoms with Crippen LogP contribution in [0.3, 0.4) is 0 Å². The van der Waals surface area contributed by atoms with Gasteiger partial charge in [0.2, 0.25) is 10.0 Å². The van der Waals surface area contributed by atoms with Crippen molar-refractivity contribution in [3.8, 4) is 0 Å². The van der Waals surface area contributed by atoms with E-state index in [1.807, 2.05) is 6.92 Å². The molecule has 0 aliphatic heterocycles. The largest absolute Gasteiger partial charge is 0.316 e. The molecule has 1 aromatic rings. The number of likely N-dealkylation sites (N-methyl/N-ethyl adjacent to an activating group) is 1. The zero-order valence-corrected chi connectivity index (χ0v) is 13.8. The Morgan fingerprint density at radius 1 is 1.19 bits per heavy atom. The zero-order valence-electron chi connectivity index (χ0n) is 12.2. The Balaban J connectivity index is 0.00000400. The van der Waals surface area contributed by atoms with E-state index in [1.165, 1.54) is 12.1 Å². The van der Waals surface area contributed by atoms with E-state index in [9.17, 15) is 18.5 Å². The zero-order chi connectivity index (χ0) is 15.3. The molecule has 0 fully saturated rings. The summed E-state index contributed by atoms with van der Waals surface area (Å²) in [6.45, 7) is 6.71. The van der Waals surface area contributed by atoms with Crippen molar-refractivity contribution in [2.24, 2.45) is 0 Å². The first-order chi connectivity index (χ1) is 9.29. The lowest BCUT2D eigenvalue weighted by Crippen LogP contribution is -2.32. The molecule has 120 valence electrons. The molecule has 1 rings (SSSR count). The number of benzene rings is 1. The molecule has 0 radical (unpaired) electrons. The predicted molar refractivity (Wildman–Crippen MR) is 83.6 cm³/mol. The third-order valence-electron chi connectivity index (χ3n) is 2.91. The highest BCUT2D eigenvalue weighted by atomic mass is 35.5. The van der Waals surface area contributed by atoms with Crippen molar-refractivity contribution in [2.75, 3.05) is 19.6 Å². The summed E-state index contributed by atoms with van der Waals surface area (Å²) in [4.78, 5) is 10.0. The summed E-state index contributed by atoms with van der Waals surface area (Å²) in [6, 6.07) is 2.62. The first kappa shape index (κ1) is 19.8. The average molecular weight is 338 g/mol. The first-order valence-corrected chi connectivity index (χ1v) is 7.74. The molecule has 1 aromatic carbocycles. The molecule has 0 amide bonds. The van der Waals surface area contributed by atoms with E-state index in [0.717, 1.165) is 6.54 Å². The quantitative estimate of drug-likeness (QED) is 0.446. The number of rotatable bonds is 7. The van der Waals surface area contributed by atoms with Crippen molar-refractivity contribution in [3.05, 3.63) is 33.4 Å². The molecule has 0 aromatic heterocycles. The van der Waals surface area contributed by atoms with Crippen molar-refractivity contribution in [1.29, 1.82) is 0 Å². The minimum Gasteiger partial charge on any atom is -0.316 e. The number of nitro groups is 1. The summed E-state index contributed by atoms with van der Waals surface area (Å²) in [7, 11) is -3.89. The second-order valence-corrected chi connectivity index (χ2v) is 6.15. The molecule has 0 atom stereocenters. The van der Waals surface area contributed by atoms with Crippen LogP contribution in [0.2, 0.25) is 0 Å². The lowest BCUT2D eigenvalue weighted by Gasteiger charge is -2.09. The fourth-order valence-electron chi connectivity index (χ4n) is 1.66. The number of nitro benzene ring substituents is 1. The molecule has 21 heavy (non-hydrogen) atoms. The van der Waals surface area contributed by atoms with Gasteiger partial charge in [0.15, 0.2) is 4.90 Å². The first-order valence-electron chi connectivity index (χ1n) is 6.25. The third-order valence-corrected chi connectivity index (χ3v) is 4.40. The molecule has 0 saturated heterocycles. The summed E-state index contributed by atoms with van der Waals surface area (Å²) in [5.74, 6) is 0. The van der Waals surface area contributed by atoms with Gasteiger partial charge in [-0.3, -0.25) is 10.1 Å².